The van der Waals surface area contributed by atoms with E-state index in [2.05, 4.69) is 34.6 Å². The zero-order valence-corrected chi connectivity index (χ0v) is 22.0. The molecule has 0 saturated heterocycles. The molecular formula is C26H31N5O4Si. The standard InChI is InChI=1S/C26H31N5O4Si/c1-17-24(20-7-6-19-21(29-20)15-22(28-19)26(33)34)30-25(31(17)16-35-13-14-36(2,3)4)23(32)8-5-18-9-11-27-12-10-18/h6-7,9-12,15,28H,5,8,13-14,16H2,1-4H3,(H,33,34). The fourth-order valence-electron chi connectivity index (χ4n) is 3.86. The van der Waals surface area contributed by atoms with Crippen LogP contribution in [0.2, 0.25) is 25.7 Å². The lowest BCUT2D eigenvalue weighted by Gasteiger charge is -2.16. The zero-order chi connectivity index (χ0) is 25.9. The van der Waals surface area contributed by atoms with Gasteiger partial charge >= 0.3 is 5.97 Å². The van der Waals surface area contributed by atoms with Crippen molar-refractivity contribution in [2.45, 2.75) is 52.2 Å². The maximum atomic E-state index is 13.3. The highest BCUT2D eigenvalue weighted by molar-refractivity contribution is 6.76. The quantitative estimate of drug-likeness (QED) is 0.168. The van der Waals surface area contributed by atoms with Crippen LogP contribution >= 0.6 is 0 Å². The van der Waals surface area contributed by atoms with E-state index in [1.807, 2.05) is 23.6 Å². The minimum atomic E-state index is -1.25. The molecule has 0 atom stereocenters. The first-order valence-corrected chi connectivity index (χ1v) is 15.6. The van der Waals surface area contributed by atoms with Crippen molar-refractivity contribution in [3.8, 4) is 11.4 Å². The number of aromatic nitrogens is 5. The number of Topliss-reactive ketones (excluding diaryl/α,β-unsaturated/α-hetero) is 1. The van der Waals surface area contributed by atoms with Gasteiger partial charge in [-0.2, -0.15) is 0 Å². The third-order valence-corrected chi connectivity index (χ3v) is 7.73. The second-order valence-electron chi connectivity index (χ2n) is 10.0. The van der Waals surface area contributed by atoms with Crippen molar-refractivity contribution in [2.75, 3.05) is 6.61 Å². The average molecular weight is 506 g/mol. The number of hydrogen-bond donors (Lipinski definition) is 2. The van der Waals surface area contributed by atoms with E-state index in [-0.39, 0.29) is 18.2 Å². The smallest absolute Gasteiger partial charge is 0.352 e. The number of ketones is 1. The number of fused-ring (bicyclic) bond motifs is 1. The molecule has 4 aromatic rings. The predicted octanol–water partition coefficient (Wildman–Crippen LogP) is 4.96. The number of carboxylic acid groups (broad SMARTS) is 1. The Balaban J connectivity index is 1.64. The molecule has 4 rings (SSSR count). The minimum Gasteiger partial charge on any atom is -0.477 e. The normalized spacial score (nSPS) is 11.8. The van der Waals surface area contributed by atoms with E-state index in [1.54, 1.807) is 24.5 Å². The van der Waals surface area contributed by atoms with E-state index in [0.29, 0.717) is 47.7 Å². The highest BCUT2D eigenvalue weighted by Gasteiger charge is 2.22. The Labute approximate surface area is 210 Å². The van der Waals surface area contributed by atoms with Gasteiger partial charge in [0.2, 0.25) is 0 Å². The Hall–Kier alpha value is -3.63. The predicted molar refractivity (Wildman–Crippen MR) is 140 cm³/mol. The molecule has 0 fully saturated rings. The SMILES string of the molecule is Cc1c(-c2ccc3[nH]c(C(=O)O)cc3n2)nc(C(=O)CCc2ccncc2)n1COCC[Si](C)(C)C. The summed E-state index contributed by atoms with van der Waals surface area (Å²) in [5.74, 6) is -0.787. The number of carbonyl (C=O) groups is 2. The fraction of sp³-hybridized carbons (Fsp3) is 0.346. The molecule has 0 aliphatic rings. The number of H-pyrrole nitrogens is 1. The van der Waals surface area contributed by atoms with Gasteiger partial charge in [0.1, 0.15) is 18.1 Å². The number of nitrogens with zero attached hydrogens (tertiary/aromatic N) is 4. The number of hydrogen-bond acceptors (Lipinski definition) is 6. The molecule has 4 heterocycles. The lowest BCUT2D eigenvalue weighted by atomic mass is 10.1. The van der Waals surface area contributed by atoms with E-state index in [0.717, 1.165) is 17.3 Å². The number of ether oxygens (including phenoxy) is 1. The topological polar surface area (TPSA) is 123 Å². The summed E-state index contributed by atoms with van der Waals surface area (Å²) in [6, 6.07) is 9.87. The minimum absolute atomic E-state index is 0.0691. The lowest BCUT2D eigenvalue weighted by Crippen LogP contribution is -2.22. The molecule has 0 amide bonds. The number of pyridine rings is 2. The van der Waals surface area contributed by atoms with Crippen LogP contribution in [0.4, 0.5) is 0 Å². The molecule has 0 aromatic carbocycles. The van der Waals surface area contributed by atoms with Crippen LogP contribution < -0.4 is 0 Å². The Morgan fingerprint density at radius 2 is 1.86 bits per heavy atom. The first-order chi connectivity index (χ1) is 17.1. The van der Waals surface area contributed by atoms with Crippen LogP contribution in [-0.2, 0) is 17.9 Å². The number of nitrogens with one attached hydrogen (secondary N) is 1. The molecule has 0 aliphatic heterocycles. The van der Waals surface area contributed by atoms with Crippen molar-refractivity contribution >= 4 is 30.9 Å². The third-order valence-electron chi connectivity index (χ3n) is 6.03. The summed E-state index contributed by atoms with van der Waals surface area (Å²) in [4.78, 5) is 40.8. The summed E-state index contributed by atoms with van der Waals surface area (Å²) in [6.07, 6.45) is 4.33. The molecule has 4 aromatic heterocycles. The Morgan fingerprint density at radius 3 is 2.56 bits per heavy atom. The van der Waals surface area contributed by atoms with E-state index in [4.69, 9.17) is 9.72 Å². The Kier molecular flexibility index (Phi) is 7.46. The number of imidazole rings is 1. The van der Waals surface area contributed by atoms with Crippen LogP contribution in [0.5, 0.6) is 0 Å². The molecule has 0 unspecified atom stereocenters. The molecule has 10 heteroatoms. The van der Waals surface area contributed by atoms with Crippen LogP contribution in [0.3, 0.4) is 0 Å². The van der Waals surface area contributed by atoms with Gasteiger partial charge in [-0.3, -0.25) is 9.78 Å². The number of rotatable bonds is 11. The highest BCUT2D eigenvalue weighted by atomic mass is 28.3. The summed E-state index contributed by atoms with van der Waals surface area (Å²) >= 11 is 0. The van der Waals surface area contributed by atoms with Crippen LogP contribution in [0.1, 0.15) is 38.8 Å². The molecule has 2 N–H and O–H groups in total. The van der Waals surface area contributed by atoms with Gasteiger partial charge < -0.3 is 19.4 Å². The molecule has 0 aliphatic carbocycles. The highest BCUT2D eigenvalue weighted by Crippen LogP contribution is 2.26. The van der Waals surface area contributed by atoms with Gasteiger partial charge in [-0.1, -0.05) is 19.6 Å². The Morgan fingerprint density at radius 1 is 1.11 bits per heavy atom. The third kappa shape index (κ3) is 5.95. The number of aryl methyl sites for hydroxylation is 1. The number of aromatic amines is 1. The summed E-state index contributed by atoms with van der Waals surface area (Å²) < 4.78 is 7.81. The second kappa shape index (κ2) is 10.5. The summed E-state index contributed by atoms with van der Waals surface area (Å²) in [5, 5.41) is 9.28. The molecule has 36 heavy (non-hydrogen) atoms. The molecule has 9 nitrogen and oxygen atoms in total. The molecular weight excluding hydrogens is 474 g/mol. The first kappa shape index (κ1) is 25.5. The van der Waals surface area contributed by atoms with Gasteiger partial charge in [0.05, 0.1) is 16.7 Å². The molecule has 0 radical (unpaired) electrons. The average Bonchev–Trinajstić information content (AvgIpc) is 3.41. The van der Waals surface area contributed by atoms with Crippen molar-refractivity contribution in [1.82, 2.24) is 24.5 Å². The van der Waals surface area contributed by atoms with Gasteiger partial charge in [-0.05, 0) is 55.3 Å². The van der Waals surface area contributed by atoms with Crippen molar-refractivity contribution in [1.29, 1.82) is 0 Å². The second-order valence-corrected chi connectivity index (χ2v) is 15.7. The number of carbonyl (C=O) groups excluding carboxylic acids is 1. The maximum absolute atomic E-state index is 13.3. The lowest BCUT2D eigenvalue weighted by molar-refractivity contribution is 0.0691. The number of aromatic carboxylic acids is 1. The molecule has 0 saturated carbocycles. The van der Waals surface area contributed by atoms with E-state index < -0.39 is 14.0 Å². The van der Waals surface area contributed by atoms with Gasteiger partial charge in [0.25, 0.3) is 0 Å². The van der Waals surface area contributed by atoms with Crippen molar-refractivity contribution in [3.05, 3.63) is 65.5 Å². The summed E-state index contributed by atoms with van der Waals surface area (Å²) in [5.41, 5.74) is 4.17. The van der Waals surface area contributed by atoms with Gasteiger partial charge in [0.15, 0.2) is 11.6 Å². The van der Waals surface area contributed by atoms with Crippen LogP contribution in [0.25, 0.3) is 22.4 Å². The first-order valence-electron chi connectivity index (χ1n) is 11.9. The maximum Gasteiger partial charge on any atom is 0.352 e. The fourth-order valence-corrected chi connectivity index (χ4v) is 4.61. The molecule has 0 spiro atoms. The van der Waals surface area contributed by atoms with Crippen LogP contribution in [0, 0.1) is 6.92 Å². The zero-order valence-electron chi connectivity index (χ0n) is 21.0. The molecule has 0 bridgehead atoms. The Bertz CT molecular complexity index is 1390. The van der Waals surface area contributed by atoms with Crippen molar-refractivity contribution in [2.24, 2.45) is 0 Å². The monoisotopic (exact) mass is 505 g/mol. The molecule has 188 valence electrons. The van der Waals surface area contributed by atoms with Gasteiger partial charge in [-0.15, -0.1) is 0 Å². The van der Waals surface area contributed by atoms with Crippen LogP contribution in [0.15, 0.2) is 42.7 Å². The largest absolute Gasteiger partial charge is 0.477 e. The summed E-state index contributed by atoms with van der Waals surface area (Å²) in [6.45, 7) is 9.64. The van der Waals surface area contributed by atoms with Gasteiger partial charge in [-0.25, -0.2) is 14.8 Å². The number of carboxylic acids is 1. The van der Waals surface area contributed by atoms with Gasteiger partial charge in [0, 0.05) is 39.2 Å². The van der Waals surface area contributed by atoms with Crippen LogP contribution in [-0.4, -0.2) is 56.0 Å². The van der Waals surface area contributed by atoms with Crippen molar-refractivity contribution < 1.29 is 19.4 Å². The van der Waals surface area contributed by atoms with E-state index >= 15 is 0 Å². The van der Waals surface area contributed by atoms with Crippen molar-refractivity contribution in [3.63, 3.8) is 0 Å². The van der Waals surface area contributed by atoms with E-state index in [9.17, 15) is 14.7 Å². The summed E-state index contributed by atoms with van der Waals surface area (Å²) in [7, 11) is -1.25. The van der Waals surface area contributed by atoms with E-state index in [1.165, 1.54) is 6.07 Å².